The topological polar surface area (TPSA) is 92.5 Å². The number of nitrogens with zero attached hydrogens (tertiary/aromatic N) is 1. The second-order valence-electron chi connectivity index (χ2n) is 4.53. The first-order valence-corrected chi connectivity index (χ1v) is 7.50. The smallest absolute Gasteiger partial charge is 0.251 e. The molecule has 1 amide bonds. The molecular weight excluding hydrogens is 285 g/mol. The zero-order valence-corrected chi connectivity index (χ0v) is 12.4. The minimum atomic E-state index is -3.38. The predicted molar refractivity (Wildman–Crippen MR) is 75.4 cm³/mol. The Morgan fingerprint density at radius 1 is 1.40 bits per heavy atom. The molecular formula is C12H18FN3O3S. The highest BCUT2D eigenvalue weighted by Gasteiger charge is 2.15. The fraction of sp³-hybridized carbons (Fsp3) is 0.417. The van der Waals surface area contributed by atoms with E-state index in [4.69, 9.17) is 5.73 Å². The van der Waals surface area contributed by atoms with Crippen LogP contribution in [0.15, 0.2) is 12.1 Å². The number of nitrogens with two attached hydrogens (primary N) is 1. The van der Waals surface area contributed by atoms with E-state index in [-0.39, 0.29) is 29.1 Å². The molecule has 0 aromatic heterocycles. The Labute approximate surface area is 117 Å². The third-order valence-electron chi connectivity index (χ3n) is 2.85. The van der Waals surface area contributed by atoms with Crippen molar-refractivity contribution in [3.8, 4) is 0 Å². The number of rotatable bonds is 5. The third kappa shape index (κ3) is 3.91. The van der Waals surface area contributed by atoms with Gasteiger partial charge in [0.15, 0.2) is 0 Å². The number of anilines is 1. The summed E-state index contributed by atoms with van der Waals surface area (Å²) in [7, 11) is -0.559. The first-order chi connectivity index (χ1) is 9.15. The summed E-state index contributed by atoms with van der Waals surface area (Å²) in [4.78, 5) is 11.8. The standard InChI is InChI=1S/C12H18FN3O3S/c1-8-10(13)6-9(7-11(8)14)12(17)15-4-5-20(18,19)16(2)3/h6-7H,4-5,14H2,1-3H3,(H,15,17). The summed E-state index contributed by atoms with van der Waals surface area (Å²) in [5.41, 5.74) is 6.09. The van der Waals surface area contributed by atoms with Gasteiger partial charge >= 0.3 is 0 Å². The van der Waals surface area contributed by atoms with Gasteiger partial charge in [-0.05, 0) is 19.1 Å². The van der Waals surface area contributed by atoms with Gasteiger partial charge in [-0.2, -0.15) is 0 Å². The predicted octanol–water partition coefficient (Wildman–Crippen LogP) is 0.338. The van der Waals surface area contributed by atoms with Crippen LogP contribution in [0.4, 0.5) is 10.1 Å². The first-order valence-electron chi connectivity index (χ1n) is 5.89. The van der Waals surface area contributed by atoms with Gasteiger partial charge in [0, 0.05) is 37.5 Å². The highest BCUT2D eigenvalue weighted by atomic mass is 32.2. The highest BCUT2D eigenvalue weighted by Crippen LogP contribution is 2.17. The number of carbonyl (C=O) groups is 1. The van der Waals surface area contributed by atoms with Crippen LogP contribution in [-0.2, 0) is 10.0 Å². The molecule has 6 nitrogen and oxygen atoms in total. The third-order valence-corrected chi connectivity index (χ3v) is 4.68. The van der Waals surface area contributed by atoms with Crippen LogP contribution in [-0.4, -0.2) is 45.0 Å². The molecule has 8 heteroatoms. The molecule has 1 rings (SSSR count). The quantitative estimate of drug-likeness (QED) is 0.767. The number of amides is 1. The van der Waals surface area contributed by atoms with Gasteiger partial charge in [-0.25, -0.2) is 17.1 Å². The lowest BCUT2D eigenvalue weighted by atomic mass is 10.1. The molecule has 0 aliphatic carbocycles. The van der Waals surface area contributed by atoms with E-state index in [0.29, 0.717) is 0 Å². The summed E-state index contributed by atoms with van der Waals surface area (Å²) >= 11 is 0. The number of hydrogen-bond acceptors (Lipinski definition) is 4. The molecule has 0 spiro atoms. The number of hydrogen-bond donors (Lipinski definition) is 2. The van der Waals surface area contributed by atoms with Gasteiger partial charge in [0.2, 0.25) is 10.0 Å². The summed E-state index contributed by atoms with van der Waals surface area (Å²) < 4.78 is 37.5. The van der Waals surface area contributed by atoms with Crippen LogP contribution in [0.25, 0.3) is 0 Å². The molecule has 3 N–H and O–H groups in total. The second-order valence-corrected chi connectivity index (χ2v) is 6.83. The number of nitrogen functional groups attached to an aromatic ring is 1. The maximum absolute atomic E-state index is 13.5. The Bertz CT molecular complexity index is 591. The summed E-state index contributed by atoms with van der Waals surface area (Å²) in [6, 6.07) is 2.43. The lowest BCUT2D eigenvalue weighted by Crippen LogP contribution is -2.34. The minimum absolute atomic E-state index is 0.0608. The van der Waals surface area contributed by atoms with Crippen molar-refractivity contribution >= 4 is 21.6 Å². The number of sulfonamides is 1. The van der Waals surface area contributed by atoms with E-state index >= 15 is 0 Å². The summed E-state index contributed by atoms with van der Waals surface area (Å²) in [5, 5.41) is 2.42. The van der Waals surface area contributed by atoms with Crippen LogP contribution in [0.3, 0.4) is 0 Å². The summed E-state index contributed by atoms with van der Waals surface area (Å²) in [5.74, 6) is -1.36. The second kappa shape index (κ2) is 6.19. The lowest BCUT2D eigenvalue weighted by molar-refractivity contribution is 0.0955. The van der Waals surface area contributed by atoms with E-state index in [0.717, 1.165) is 10.4 Å². The molecule has 0 aliphatic rings. The van der Waals surface area contributed by atoms with E-state index in [1.807, 2.05) is 0 Å². The van der Waals surface area contributed by atoms with Crippen LogP contribution in [0, 0.1) is 12.7 Å². The molecule has 0 saturated heterocycles. The number of benzene rings is 1. The van der Waals surface area contributed by atoms with Crippen LogP contribution >= 0.6 is 0 Å². The van der Waals surface area contributed by atoms with Gasteiger partial charge < -0.3 is 11.1 Å². The van der Waals surface area contributed by atoms with Crippen molar-refractivity contribution in [2.24, 2.45) is 0 Å². The zero-order valence-electron chi connectivity index (χ0n) is 11.6. The van der Waals surface area contributed by atoms with Crippen LogP contribution in [0.1, 0.15) is 15.9 Å². The van der Waals surface area contributed by atoms with Crippen molar-refractivity contribution < 1.29 is 17.6 Å². The number of nitrogens with one attached hydrogen (secondary N) is 1. The molecule has 1 aromatic rings. The number of carbonyl (C=O) groups excluding carboxylic acids is 1. The summed E-state index contributed by atoms with van der Waals surface area (Å²) in [6.07, 6.45) is 0. The fourth-order valence-electron chi connectivity index (χ4n) is 1.41. The van der Waals surface area contributed by atoms with E-state index in [2.05, 4.69) is 5.32 Å². The maximum atomic E-state index is 13.5. The van der Waals surface area contributed by atoms with Crippen molar-refractivity contribution in [2.75, 3.05) is 32.1 Å². The molecule has 0 saturated carbocycles. The van der Waals surface area contributed by atoms with Gasteiger partial charge in [0.1, 0.15) is 5.82 Å². The Balaban J connectivity index is 2.69. The van der Waals surface area contributed by atoms with Gasteiger partial charge in [0.25, 0.3) is 5.91 Å². The lowest BCUT2D eigenvalue weighted by Gasteiger charge is -2.12. The molecule has 1 aromatic carbocycles. The normalized spacial score (nSPS) is 11.7. The highest BCUT2D eigenvalue weighted by molar-refractivity contribution is 7.89. The van der Waals surface area contributed by atoms with Crippen molar-refractivity contribution in [1.82, 2.24) is 9.62 Å². The van der Waals surface area contributed by atoms with Crippen LogP contribution in [0.2, 0.25) is 0 Å². The first kappa shape index (κ1) is 16.4. The SMILES string of the molecule is Cc1c(N)cc(C(=O)NCCS(=O)(=O)N(C)C)cc1F. The Morgan fingerprint density at radius 2 is 2.00 bits per heavy atom. The van der Waals surface area contributed by atoms with Gasteiger partial charge in [0.05, 0.1) is 5.75 Å². The minimum Gasteiger partial charge on any atom is -0.398 e. The van der Waals surface area contributed by atoms with Gasteiger partial charge in [-0.1, -0.05) is 0 Å². The van der Waals surface area contributed by atoms with E-state index in [1.165, 1.54) is 27.1 Å². The Morgan fingerprint density at radius 3 is 2.50 bits per heavy atom. The molecule has 0 fully saturated rings. The molecule has 0 unspecified atom stereocenters. The fourth-order valence-corrected chi connectivity index (χ4v) is 2.13. The molecule has 112 valence electrons. The van der Waals surface area contributed by atoms with E-state index < -0.39 is 21.7 Å². The monoisotopic (exact) mass is 303 g/mol. The summed E-state index contributed by atoms with van der Waals surface area (Å²) in [6.45, 7) is 1.45. The van der Waals surface area contributed by atoms with Crippen LogP contribution in [0.5, 0.6) is 0 Å². The molecule has 0 radical (unpaired) electrons. The number of halogens is 1. The molecule has 0 heterocycles. The van der Waals surface area contributed by atoms with Crippen molar-refractivity contribution in [2.45, 2.75) is 6.92 Å². The Kier molecular flexibility index (Phi) is 5.07. The average molecular weight is 303 g/mol. The van der Waals surface area contributed by atoms with Crippen molar-refractivity contribution in [1.29, 1.82) is 0 Å². The van der Waals surface area contributed by atoms with Gasteiger partial charge in [-0.15, -0.1) is 0 Å². The Hall–Kier alpha value is -1.67. The van der Waals surface area contributed by atoms with E-state index in [1.54, 1.807) is 0 Å². The van der Waals surface area contributed by atoms with Gasteiger partial charge in [-0.3, -0.25) is 4.79 Å². The molecule has 0 aliphatic heterocycles. The molecule has 0 bridgehead atoms. The maximum Gasteiger partial charge on any atom is 0.251 e. The van der Waals surface area contributed by atoms with Crippen molar-refractivity contribution in [3.05, 3.63) is 29.1 Å². The zero-order chi connectivity index (χ0) is 15.5. The van der Waals surface area contributed by atoms with Crippen LogP contribution < -0.4 is 11.1 Å². The largest absolute Gasteiger partial charge is 0.398 e. The average Bonchev–Trinajstić information content (AvgIpc) is 2.34. The van der Waals surface area contributed by atoms with Crippen molar-refractivity contribution in [3.63, 3.8) is 0 Å². The van der Waals surface area contributed by atoms with E-state index in [9.17, 15) is 17.6 Å². The molecule has 20 heavy (non-hydrogen) atoms. The molecule has 0 atom stereocenters.